The zero-order valence-corrected chi connectivity index (χ0v) is 18.5. The molecule has 0 aliphatic carbocycles. The highest BCUT2D eigenvalue weighted by Crippen LogP contribution is 2.34. The number of methoxy groups -OCH3 is 2. The number of aryl methyl sites for hydroxylation is 1. The van der Waals surface area contributed by atoms with E-state index in [0.29, 0.717) is 13.0 Å². The normalized spacial score (nSPS) is 12.0. The summed E-state index contributed by atoms with van der Waals surface area (Å²) in [7, 11) is 3.32. The Hall–Kier alpha value is -3.13. The minimum atomic E-state index is 0.544. The van der Waals surface area contributed by atoms with Gasteiger partial charge < -0.3 is 14.0 Å². The predicted octanol–water partition coefficient (Wildman–Crippen LogP) is 4.17. The van der Waals surface area contributed by atoms with Crippen LogP contribution in [0.25, 0.3) is 17.1 Å². The number of rotatable bonds is 4. The van der Waals surface area contributed by atoms with Gasteiger partial charge in [0.2, 0.25) is 0 Å². The number of imidazole rings is 1. The lowest BCUT2D eigenvalue weighted by molar-refractivity contribution is 0.399. The first-order valence-corrected chi connectivity index (χ1v) is 10.3. The molecular weight excluding hydrogens is 446 g/mol. The zero-order chi connectivity index (χ0) is 20.8. The van der Waals surface area contributed by atoms with Crippen LogP contribution in [0.5, 0.6) is 11.5 Å². The van der Waals surface area contributed by atoms with E-state index < -0.39 is 0 Å². The quantitative estimate of drug-likeness (QED) is 0.398. The Balaban J connectivity index is 1.63. The standard InChI is InChI=1S/C22H20BrN5O2/c1-13-19-11-28-22(17-10-15(23)4-6-18(17)27(19)12-24-13)25-21(26-28)9-14-8-16(29-2)5-7-20(14)30-3/h4-8,10,12H,9,11H2,1-3H3. The topological polar surface area (TPSA) is 67.0 Å². The van der Waals surface area contributed by atoms with Gasteiger partial charge in [-0.05, 0) is 43.3 Å². The highest BCUT2D eigenvalue weighted by molar-refractivity contribution is 9.10. The summed E-state index contributed by atoms with van der Waals surface area (Å²) in [5.74, 6) is 3.14. The summed E-state index contributed by atoms with van der Waals surface area (Å²) in [5.41, 5.74) is 5.13. The van der Waals surface area contributed by atoms with E-state index in [4.69, 9.17) is 19.6 Å². The second-order valence-electron chi connectivity index (χ2n) is 7.17. The summed E-state index contributed by atoms with van der Waals surface area (Å²) in [6, 6.07) is 12.0. The van der Waals surface area contributed by atoms with Crippen molar-refractivity contribution in [3.05, 3.63) is 70.0 Å². The number of ether oxygens (including phenoxy) is 2. The van der Waals surface area contributed by atoms with Crippen LogP contribution in [0.1, 0.15) is 22.8 Å². The third-order valence-electron chi connectivity index (χ3n) is 5.39. The molecule has 30 heavy (non-hydrogen) atoms. The number of benzene rings is 2. The summed E-state index contributed by atoms with van der Waals surface area (Å²) in [4.78, 5) is 9.42. The van der Waals surface area contributed by atoms with E-state index in [1.54, 1.807) is 14.2 Å². The van der Waals surface area contributed by atoms with Gasteiger partial charge in [-0.25, -0.2) is 14.6 Å². The molecule has 1 aliphatic heterocycles. The Kier molecular flexibility index (Phi) is 4.58. The Morgan fingerprint density at radius 3 is 2.77 bits per heavy atom. The highest BCUT2D eigenvalue weighted by Gasteiger charge is 2.24. The van der Waals surface area contributed by atoms with E-state index in [2.05, 4.69) is 37.6 Å². The fourth-order valence-electron chi connectivity index (χ4n) is 3.86. The van der Waals surface area contributed by atoms with E-state index in [1.165, 1.54) is 0 Å². The molecule has 8 heteroatoms. The van der Waals surface area contributed by atoms with E-state index in [-0.39, 0.29) is 0 Å². The first-order valence-electron chi connectivity index (χ1n) is 9.55. The lowest BCUT2D eigenvalue weighted by Crippen LogP contribution is -2.06. The van der Waals surface area contributed by atoms with Gasteiger partial charge in [-0.2, -0.15) is 5.10 Å². The lowest BCUT2D eigenvalue weighted by Gasteiger charge is -2.09. The van der Waals surface area contributed by atoms with Crippen molar-refractivity contribution in [3.8, 4) is 28.6 Å². The van der Waals surface area contributed by atoms with Crippen LogP contribution in [0, 0.1) is 6.92 Å². The van der Waals surface area contributed by atoms with E-state index in [9.17, 15) is 0 Å². The van der Waals surface area contributed by atoms with Gasteiger partial charge in [0, 0.05) is 22.0 Å². The summed E-state index contributed by atoms with van der Waals surface area (Å²) < 4.78 is 16.0. The number of hydrogen-bond acceptors (Lipinski definition) is 5. The number of nitrogens with zero attached hydrogens (tertiary/aromatic N) is 5. The minimum Gasteiger partial charge on any atom is -0.497 e. The van der Waals surface area contributed by atoms with Gasteiger partial charge in [0.05, 0.1) is 44.2 Å². The highest BCUT2D eigenvalue weighted by atomic mass is 79.9. The van der Waals surface area contributed by atoms with Crippen LogP contribution in [-0.2, 0) is 13.0 Å². The first kappa shape index (κ1) is 18.9. The van der Waals surface area contributed by atoms with Crippen LogP contribution >= 0.6 is 15.9 Å². The molecule has 4 aromatic rings. The third kappa shape index (κ3) is 3.08. The molecule has 1 aliphatic rings. The van der Waals surface area contributed by atoms with Crippen molar-refractivity contribution in [1.29, 1.82) is 0 Å². The lowest BCUT2D eigenvalue weighted by atomic mass is 10.1. The van der Waals surface area contributed by atoms with Gasteiger partial charge >= 0.3 is 0 Å². The molecule has 0 atom stereocenters. The molecule has 7 nitrogen and oxygen atoms in total. The average molecular weight is 466 g/mol. The van der Waals surface area contributed by atoms with E-state index in [1.807, 2.05) is 42.2 Å². The Bertz CT molecular complexity index is 1260. The second kappa shape index (κ2) is 7.28. The molecule has 2 aromatic carbocycles. The maximum Gasteiger partial charge on any atom is 0.160 e. The predicted molar refractivity (Wildman–Crippen MR) is 116 cm³/mol. The molecule has 0 amide bonds. The number of aromatic nitrogens is 5. The van der Waals surface area contributed by atoms with Crippen molar-refractivity contribution < 1.29 is 9.47 Å². The van der Waals surface area contributed by atoms with Crippen molar-refractivity contribution in [2.45, 2.75) is 19.9 Å². The molecule has 0 bridgehead atoms. The summed E-state index contributed by atoms with van der Waals surface area (Å²) >= 11 is 3.60. The van der Waals surface area contributed by atoms with Crippen molar-refractivity contribution >= 4 is 15.9 Å². The molecule has 5 rings (SSSR count). The third-order valence-corrected chi connectivity index (χ3v) is 5.88. The van der Waals surface area contributed by atoms with Crippen molar-refractivity contribution in [2.24, 2.45) is 0 Å². The Morgan fingerprint density at radius 2 is 1.97 bits per heavy atom. The molecule has 0 fully saturated rings. The summed E-state index contributed by atoms with van der Waals surface area (Å²) in [6.07, 6.45) is 2.41. The number of halogens is 1. The van der Waals surface area contributed by atoms with E-state index >= 15 is 0 Å². The van der Waals surface area contributed by atoms with Crippen LogP contribution in [0.3, 0.4) is 0 Å². The minimum absolute atomic E-state index is 0.544. The zero-order valence-electron chi connectivity index (χ0n) is 16.9. The molecule has 0 unspecified atom stereocenters. The fourth-order valence-corrected chi connectivity index (χ4v) is 4.23. The molecule has 0 radical (unpaired) electrons. The van der Waals surface area contributed by atoms with Gasteiger partial charge in [0.1, 0.15) is 11.5 Å². The molecule has 0 N–H and O–H groups in total. The van der Waals surface area contributed by atoms with Crippen LogP contribution in [0.15, 0.2) is 47.2 Å². The van der Waals surface area contributed by atoms with Crippen LogP contribution in [-0.4, -0.2) is 38.5 Å². The van der Waals surface area contributed by atoms with Crippen molar-refractivity contribution in [2.75, 3.05) is 14.2 Å². The maximum atomic E-state index is 5.53. The van der Waals surface area contributed by atoms with Crippen molar-refractivity contribution in [3.63, 3.8) is 0 Å². The molecule has 0 saturated heterocycles. The van der Waals surface area contributed by atoms with Gasteiger partial charge in [0.25, 0.3) is 0 Å². The molecular formula is C22H20BrN5O2. The van der Waals surface area contributed by atoms with Crippen LogP contribution in [0.2, 0.25) is 0 Å². The van der Waals surface area contributed by atoms with Crippen LogP contribution in [0.4, 0.5) is 0 Å². The maximum absolute atomic E-state index is 5.53. The van der Waals surface area contributed by atoms with Gasteiger partial charge in [-0.3, -0.25) is 0 Å². The molecule has 0 spiro atoms. The SMILES string of the molecule is COc1ccc(OC)c(Cc2nc3n(n2)Cc2c(C)ncn2-c2ccc(Br)cc2-3)c1. The van der Waals surface area contributed by atoms with Gasteiger partial charge in [-0.15, -0.1) is 0 Å². The average Bonchev–Trinajstić information content (AvgIpc) is 3.28. The molecule has 0 saturated carbocycles. The largest absolute Gasteiger partial charge is 0.497 e. The van der Waals surface area contributed by atoms with Gasteiger partial charge in [0.15, 0.2) is 11.6 Å². The first-order chi connectivity index (χ1) is 14.6. The monoisotopic (exact) mass is 465 g/mol. The van der Waals surface area contributed by atoms with Crippen molar-refractivity contribution in [1.82, 2.24) is 24.3 Å². The number of fused-ring (bicyclic) bond motifs is 5. The summed E-state index contributed by atoms with van der Waals surface area (Å²) in [6.45, 7) is 2.63. The molecule has 3 heterocycles. The Morgan fingerprint density at radius 1 is 1.10 bits per heavy atom. The number of hydrogen-bond donors (Lipinski definition) is 0. The molecule has 2 aromatic heterocycles. The second-order valence-corrected chi connectivity index (χ2v) is 8.09. The van der Waals surface area contributed by atoms with E-state index in [0.717, 1.165) is 55.8 Å². The van der Waals surface area contributed by atoms with Crippen LogP contribution < -0.4 is 9.47 Å². The molecule has 152 valence electrons. The Labute approximate surface area is 182 Å². The fraction of sp³-hybridized carbons (Fsp3) is 0.227. The van der Waals surface area contributed by atoms with Gasteiger partial charge in [-0.1, -0.05) is 15.9 Å². The summed E-state index contributed by atoms with van der Waals surface area (Å²) in [5, 5.41) is 4.84. The smallest absolute Gasteiger partial charge is 0.160 e.